The Labute approximate surface area is 339 Å². The van der Waals surface area contributed by atoms with Crippen LogP contribution in [0.5, 0.6) is 34.5 Å². The summed E-state index contributed by atoms with van der Waals surface area (Å²) in [7, 11) is 1.50. The molecule has 2 aliphatic carbocycles. The SMILES string of the molecule is COc1cc(CC[C@@H](O)[C@@H]2C(=O)C[C@H](c3cc(O)c(O)c(OC4CCCCC4)c3)CCc3c(ccc4cc(O)ccc34)Nc3cc(ccn3)C23CCCC3)ccc1O. The molecule has 8 rings (SSSR count). The molecule has 1 aromatic heterocycles. The normalized spacial score (nSPS) is 20.3. The fourth-order valence-electron chi connectivity index (χ4n) is 10.1. The fraction of sp³-hybridized carbons (Fsp3) is 0.417. The molecule has 1 spiro atoms. The van der Waals surface area contributed by atoms with Gasteiger partial charge in [-0.05, 0) is 158 Å². The van der Waals surface area contributed by atoms with Gasteiger partial charge in [-0.15, -0.1) is 0 Å². The van der Waals surface area contributed by atoms with Crippen LogP contribution in [0, 0.1) is 5.92 Å². The highest BCUT2D eigenvalue weighted by Gasteiger charge is 2.49. The average molecular weight is 787 g/mol. The summed E-state index contributed by atoms with van der Waals surface area (Å²) < 4.78 is 11.7. The first kappa shape index (κ1) is 39.4. The summed E-state index contributed by atoms with van der Waals surface area (Å²) in [6.07, 6.45) is 10.9. The first-order valence-electron chi connectivity index (χ1n) is 20.9. The zero-order valence-corrected chi connectivity index (χ0v) is 33.1. The van der Waals surface area contributed by atoms with Crippen LogP contribution in [0.3, 0.4) is 0 Å². The lowest BCUT2D eigenvalue weighted by Crippen LogP contribution is -2.45. The van der Waals surface area contributed by atoms with Gasteiger partial charge in [0.2, 0.25) is 5.75 Å². The molecule has 304 valence electrons. The number of aromatic hydroxyl groups is 4. The number of ketones is 1. The number of carbonyl (C=O) groups is 1. The summed E-state index contributed by atoms with van der Waals surface area (Å²) in [4.78, 5) is 20.1. The molecule has 2 saturated carbocycles. The van der Waals surface area contributed by atoms with Gasteiger partial charge < -0.3 is 40.3 Å². The maximum absolute atomic E-state index is 15.4. The molecular formula is C48H54N2O8. The number of nitrogens with one attached hydrogen (secondary N) is 1. The van der Waals surface area contributed by atoms with Crippen LogP contribution >= 0.6 is 0 Å². The zero-order chi connectivity index (χ0) is 40.4. The Bertz CT molecular complexity index is 2280. The van der Waals surface area contributed by atoms with Crippen molar-refractivity contribution in [2.45, 2.75) is 113 Å². The minimum atomic E-state index is -0.993. The predicted molar refractivity (Wildman–Crippen MR) is 224 cm³/mol. The van der Waals surface area contributed by atoms with E-state index in [1.807, 2.05) is 36.4 Å². The molecule has 1 aliphatic heterocycles. The number of aliphatic hydroxyl groups is 1. The van der Waals surface area contributed by atoms with Gasteiger partial charge >= 0.3 is 0 Å². The van der Waals surface area contributed by atoms with Crippen molar-refractivity contribution in [3.8, 4) is 34.5 Å². The van der Waals surface area contributed by atoms with Gasteiger partial charge in [-0.3, -0.25) is 4.79 Å². The van der Waals surface area contributed by atoms with E-state index >= 15 is 4.79 Å². The van der Waals surface area contributed by atoms with E-state index in [2.05, 4.69) is 5.32 Å². The molecule has 0 radical (unpaired) electrons. The fourth-order valence-corrected chi connectivity index (χ4v) is 10.1. The van der Waals surface area contributed by atoms with Gasteiger partial charge in [0, 0.05) is 23.7 Å². The maximum atomic E-state index is 15.4. The van der Waals surface area contributed by atoms with Gasteiger partial charge in [0.15, 0.2) is 23.0 Å². The molecular weight excluding hydrogens is 733 g/mol. The second kappa shape index (κ2) is 16.8. The number of anilines is 2. The number of pyridine rings is 1. The number of hydrogen-bond acceptors (Lipinski definition) is 10. The van der Waals surface area contributed by atoms with Gasteiger partial charge in [-0.25, -0.2) is 4.98 Å². The van der Waals surface area contributed by atoms with E-state index in [9.17, 15) is 25.5 Å². The number of Topliss-reactive ketones (excluding diaryl/α,β-unsaturated/α-hetero) is 1. The molecule has 2 heterocycles. The quantitative estimate of drug-likeness (QED) is 0.0836. The molecule has 2 bridgehead atoms. The van der Waals surface area contributed by atoms with Crippen molar-refractivity contribution in [3.63, 3.8) is 0 Å². The van der Waals surface area contributed by atoms with E-state index in [1.54, 1.807) is 42.6 Å². The van der Waals surface area contributed by atoms with E-state index in [0.29, 0.717) is 42.8 Å². The smallest absolute Gasteiger partial charge is 0.200 e. The van der Waals surface area contributed by atoms with Crippen molar-refractivity contribution in [1.82, 2.24) is 4.98 Å². The highest BCUT2D eigenvalue weighted by molar-refractivity contribution is 5.92. The Hall–Kier alpha value is -5.48. The van der Waals surface area contributed by atoms with Crippen molar-refractivity contribution in [1.29, 1.82) is 0 Å². The first-order valence-corrected chi connectivity index (χ1v) is 20.9. The highest BCUT2D eigenvalue weighted by atomic mass is 16.5. The summed E-state index contributed by atoms with van der Waals surface area (Å²) in [5.41, 5.74) is 3.73. The Balaban J connectivity index is 1.23. The Morgan fingerprint density at radius 3 is 2.45 bits per heavy atom. The molecule has 2 fully saturated rings. The third kappa shape index (κ3) is 7.99. The van der Waals surface area contributed by atoms with E-state index in [-0.39, 0.29) is 47.1 Å². The van der Waals surface area contributed by atoms with E-state index in [1.165, 1.54) is 7.11 Å². The second-order valence-electron chi connectivity index (χ2n) is 16.7. The largest absolute Gasteiger partial charge is 0.508 e. The van der Waals surface area contributed by atoms with Gasteiger partial charge in [0.25, 0.3) is 0 Å². The summed E-state index contributed by atoms with van der Waals surface area (Å²) in [5.74, 6) is -0.394. The van der Waals surface area contributed by atoms with Gasteiger partial charge in [-0.1, -0.05) is 37.5 Å². The summed E-state index contributed by atoms with van der Waals surface area (Å²) >= 11 is 0. The molecule has 10 nitrogen and oxygen atoms in total. The number of phenols is 4. The van der Waals surface area contributed by atoms with Gasteiger partial charge in [-0.2, -0.15) is 0 Å². The standard InChI is InChI=1S/C48H54N2O8/c1-57-43-23-29(9-17-39(43)52)10-18-40(53)46-41(54)25-30(32-26-42(55)47(56)44(27-32)58-35-7-3-2-4-8-35)11-14-37-36-15-13-34(51)24-31(36)12-16-38(37)50-45-28-33(19-22-49-45)48(46)20-5-6-21-48/h9,12-13,15-17,19,22-24,26-28,30,35,40,46,51-53,55-56H,2-8,10-11,14,18,20-21,25H2,1H3,(H,49,50)/t30-,40-,46-/m1/s1. The minimum absolute atomic E-state index is 0.0381. The monoisotopic (exact) mass is 786 g/mol. The minimum Gasteiger partial charge on any atom is -0.508 e. The van der Waals surface area contributed by atoms with E-state index in [0.717, 1.165) is 90.9 Å². The third-order valence-corrected chi connectivity index (χ3v) is 13.1. The number of nitrogens with zero attached hydrogens (tertiary/aromatic N) is 1. The molecule has 3 aliphatic rings. The molecule has 0 unspecified atom stereocenters. The molecule has 5 aromatic rings. The van der Waals surface area contributed by atoms with E-state index in [4.69, 9.17) is 14.5 Å². The van der Waals surface area contributed by atoms with Crippen LogP contribution in [0.4, 0.5) is 11.5 Å². The Morgan fingerprint density at radius 1 is 0.845 bits per heavy atom. The van der Waals surface area contributed by atoms with Crippen LogP contribution < -0.4 is 14.8 Å². The zero-order valence-electron chi connectivity index (χ0n) is 33.1. The van der Waals surface area contributed by atoms with Crippen LogP contribution in [0.2, 0.25) is 0 Å². The molecule has 58 heavy (non-hydrogen) atoms. The van der Waals surface area contributed by atoms with Crippen LogP contribution in [0.15, 0.2) is 79.0 Å². The molecule has 0 saturated heterocycles. The Kier molecular flexibility index (Phi) is 11.4. The van der Waals surface area contributed by atoms with Crippen LogP contribution in [-0.2, 0) is 23.1 Å². The van der Waals surface area contributed by atoms with Crippen LogP contribution in [0.1, 0.15) is 105 Å². The summed E-state index contributed by atoms with van der Waals surface area (Å²) in [5, 5.41) is 60.7. The number of fused-ring (bicyclic) bond motifs is 6. The predicted octanol–water partition coefficient (Wildman–Crippen LogP) is 9.63. The molecule has 4 aromatic carbocycles. The lowest BCUT2D eigenvalue weighted by molar-refractivity contribution is -0.130. The number of phenolic OH excluding ortho intramolecular Hbond substituents is 4. The van der Waals surface area contributed by atoms with Crippen LogP contribution in [0.25, 0.3) is 10.8 Å². The topological polar surface area (TPSA) is 162 Å². The number of aromatic nitrogens is 1. The van der Waals surface area contributed by atoms with E-state index < -0.39 is 23.4 Å². The second-order valence-corrected chi connectivity index (χ2v) is 16.7. The third-order valence-electron chi connectivity index (χ3n) is 13.1. The lowest BCUT2D eigenvalue weighted by atomic mass is 9.63. The van der Waals surface area contributed by atoms with Crippen molar-refractivity contribution in [3.05, 3.63) is 101 Å². The number of ether oxygens (including phenoxy) is 2. The molecule has 0 amide bonds. The molecule has 3 atom stereocenters. The molecule has 10 heteroatoms. The average Bonchev–Trinajstić information content (AvgIpc) is 3.72. The van der Waals surface area contributed by atoms with Crippen LogP contribution in [-0.4, -0.2) is 55.6 Å². The number of methoxy groups -OCH3 is 1. The van der Waals surface area contributed by atoms with Crippen molar-refractivity contribution >= 4 is 28.1 Å². The maximum Gasteiger partial charge on any atom is 0.200 e. The summed E-state index contributed by atoms with van der Waals surface area (Å²) in [6.45, 7) is 0. The number of benzene rings is 4. The highest BCUT2D eigenvalue weighted by Crippen LogP contribution is 2.51. The van der Waals surface area contributed by atoms with Gasteiger partial charge in [0.1, 0.15) is 17.4 Å². The van der Waals surface area contributed by atoms with Crippen molar-refractivity contribution in [2.75, 3.05) is 12.4 Å². The lowest BCUT2D eigenvalue weighted by Gasteiger charge is -2.41. The summed E-state index contributed by atoms with van der Waals surface area (Å²) in [6, 6.07) is 21.9. The number of rotatable bonds is 8. The number of aryl methyl sites for hydroxylation is 2. The van der Waals surface area contributed by atoms with Gasteiger partial charge in [0.05, 0.1) is 25.2 Å². The number of carbonyl (C=O) groups excluding carboxylic acids is 1. The Morgan fingerprint density at radius 2 is 1.66 bits per heavy atom. The number of aliphatic hydroxyl groups excluding tert-OH is 1. The van der Waals surface area contributed by atoms with Crippen molar-refractivity contribution in [2.24, 2.45) is 5.92 Å². The van der Waals surface area contributed by atoms with Crippen molar-refractivity contribution < 1.29 is 39.8 Å². The molecule has 6 N–H and O–H groups in total. The number of hydrogen-bond donors (Lipinski definition) is 6. The first-order chi connectivity index (χ1) is 28.1.